The third-order valence-corrected chi connectivity index (χ3v) is 4.52. The van der Waals surface area contributed by atoms with Crippen molar-refractivity contribution in [1.29, 1.82) is 0 Å². The molecule has 1 N–H and O–H groups in total. The predicted octanol–water partition coefficient (Wildman–Crippen LogP) is 4.15. The van der Waals surface area contributed by atoms with E-state index in [4.69, 9.17) is 0 Å². The molecule has 0 aliphatic rings. The molecule has 0 atom stereocenters. The summed E-state index contributed by atoms with van der Waals surface area (Å²) in [4.78, 5) is 12.9. The SMILES string of the molecule is CCC(CC)NC(=O)CSc1ccc(Br)cc1C. The minimum Gasteiger partial charge on any atom is -0.353 e. The fourth-order valence-electron chi connectivity index (χ4n) is 1.68. The number of amides is 1. The summed E-state index contributed by atoms with van der Waals surface area (Å²) in [6, 6.07) is 6.44. The van der Waals surface area contributed by atoms with Crippen LogP contribution >= 0.6 is 27.7 Å². The molecule has 0 saturated carbocycles. The van der Waals surface area contributed by atoms with Crippen LogP contribution in [0.2, 0.25) is 0 Å². The Morgan fingerprint density at radius 2 is 2.06 bits per heavy atom. The first-order valence-corrected chi connectivity index (χ1v) is 8.03. The summed E-state index contributed by atoms with van der Waals surface area (Å²) >= 11 is 5.03. The largest absolute Gasteiger partial charge is 0.353 e. The van der Waals surface area contributed by atoms with Crippen molar-refractivity contribution in [2.24, 2.45) is 0 Å². The van der Waals surface area contributed by atoms with Gasteiger partial charge in [-0.25, -0.2) is 0 Å². The van der Waals surface area contributed by atoms with E-state index < -0.39 is 0 Å². The number of carbonyl (C=O) groups is 1. The van der Waals surface area contributed by atoms with Gasteiger partial charge in [-0.1, -0.05) is 29.8 Å². The van der Waals surface area contributed by atoms with Crippen LogP contribution < -0.4 is 5.32 Å². The molecule has 0 unspecified atom stereocenters. The third kappa shape index (κ3) is 5.02. The number of rotatable bonds is 6. The van der Waals surface area contributed by atoms with Gasteiger partial charge in [0.25, 0.3) is 0 Å². The van der Waals surface area contributed by atoms with Crippen molar-refractivity contribution in [2.45, 2.75) is 44.6 Å². The first kappa shape index (κ1) is 15.6. The van der Waals surface area contributed by atoms with Crippen LogP contribution in [0.25, 0.3) is 0 Å². The van der Waals surface area contributed by atoms with E-state index in [1.54, 1.807) is 11.8 Å². The van der Waals surface area contributed by atoms with E-state index in [0.717, 1.165) is 22.2 Å². The van der Waals surface area contributed by atoms with Gasteiger partial charge in [-0.2, -0.15) is 0 Å². The van der Waals surface area contributed by atoms with E-state index in [0.29, 0.717) is 11.8 Å². The van der Waals surface area contributed by atoms with E-state index in [1.807, 2.05) is 6.07 Å². The Kier molecular flexibility index (Phi) is 6.79. The fraction of sp³-hybridized carbons (Fsp3) is 0.500. The van der Waals surface area contributed by atoms with Gasteiger partial charge < -0.3 is 5.32 Å². The van der Waals surface area contributed by atoms with Crippen molar-refractivity contribution in [1.82, 2.24) is 5.32 Å². The van der Waals surface area contributed by atoms with Crippen LogP contribution in [0.3, 0.4) is 0 Å². The maximum atomic E-state index is 11.8. The van der Waals surface area contributed by atoms with Crippen LogP contribution in [0.15, 0.2) is 27.6 Å². The average molecular weight is 330 g/mol. The number of nitrogens with one attached hydrogen (secondary N) is 1. The van der Waals surface area contributed by atoms with E-state index in [2.05, 4.69) is 54.2 Å². The van der Waals surface area contributed by atoms with Gasteiger partial charge in [-0.05, 0) is 43.5 Å². The molecular weight excluding hydrogens is 310 g/mol. The number of carbonyl (C=O) groups excluding carboxylic acids is 1. The Hall–Kier alpha value is -0.480. The molecule has 1 amide bonds. The van der Waals surface area contributed by atoms with E-state index in [-0.39, 0.29) is 5.91 Å². The van der Waals surface area contributed by atoms with Gasteiger partial charge in [0.1, 0.15) is 0 Å². The summed E-state index contributed by atoms with van der Waals surface area (Å²) < 4.78 is 1.07. The normalized spacial score (nSPS) is 10.7. The number of thioether (sulfide) groups is 1. The highest BCUT2D eigenvalue weighted by Crippen LogP contribution is 2.25. The van der Waals surface area contributed by atoms with Gasteiger partial charge in [0.2, 0.25) is 5.91 Å². The third-order valence-electron chi connectivity index (χ3n) is 2.85. The zero-order valence-electron chi connectivity index (χ0n) is 11.1. The molecule has 18 heavy (non-hydrogen) atoms. The Bertz CT molecular complexity index is 405. The maximum absolute atomic E-state index is 11.8. The number of hydrogen-bond donors (Lipinski definition) is 1. The maximum Gasteiger partial charge on any atom is 0.230 e. The van der Waals surface area contributed by atoms with E-state index in [1.165, 1.54) is 5.56 Å². The molecule has 0 aromatic heterocycles. The standard InChI is InChI=1S/C14H20BrNOS/c1-4-12(5-2)16-14(17)9-18-13-7-6-11(15)8-10(13)3/h6-8,12H,4-5,9H2,1-3H3,(H,16,17). The summed E-state index contributed by atoms with van der Waals surface area (Å²) in [5.74, 6) is 0.606. The number of halogens is 1. The highest BCUT2D eigenvalue weighted by Gasteiger charge is 2.09. The minimum absolute atomic E-state index is 0.121. The lowest BCUT2D eigenvalue weighted by Gasteiger charge is -2.14. The zero-order chi connectivity index (χ0) is 13.5. The summed E-state index contributed by atoms with van der Waals surface area (Å²) in [6.07, 6.45) is 1.98. The number of benzene rings is 1. The van der Waals surface area contributed by atoms with Crippen molar-refractivity contribution in [3.63, 3.8) is 0 Å². The molecule has 1 rings (SSSR count). The molecule has 1 aromatic rings. The first-order valence-electron chi connectivity index (χ1n) is 6.25. The smallest absolute Gasteiger partial charge is 0.230 e. The molecular formula is C14H20BrNOS. The molecule has 0 heterocycles. The van der Waals surface area contributed by atoms with Crippen molar-refractivity contribution in [2.75, 3.05) is 5.75 Å². The molecule has 0 aliphatic carbocycles. The molecule has 0 spiro atoms. The Morgan fingerprint density at radius 3 is 2.61 bits per heavy atom. The quantitative estimate of drug-likeness (QED) is 0.794. The molecule has 0 saturated heterocycles. The summed E-state index contributed by atoms with van der Waals surface area (Å²) in [5.41, 5.74) is 1.20. The molecule has 0 aliphatic heterocycles. The average Bonchev–Trinajstić information content (AvgIpc) is 2.35. The van der Waals surface area contributed by atoms with Gasteiger partial charge in [0, 0.05) is 15.4 Å². The van der Waals surface area contributed by atoms with Crippen molar-refractivity contribution in [3.05, 3.63) is 28.2 Å². The molecule has 0 radical (unpaired) electrons. The molecule has 0 fully saturated rings. The van der Waals surface area contributed by atoms with Crippen LogP contribution in [-0.4, -0.2) is 17.7 Å². The van der Waals surface area contributed by atoms with Crippen LogP contribution in [0, 0.1) is 6.92 Å². The Labute approximate surface area is 122 Å². The number of hydrogen-bond acceptors (Lipinski definition) is 2. The highest BCUT2D eigenvalue weighted by molar-refractivity contribution is 9.10. The van der Waals surface area contributed by atoms with Crippen molar-refractivity contribution >= 4 is 33.6 Å². The molecule has 2 nitrogen and oxygen atoms in total. The van der Waals surface area contributed by atoms with Crippen LogP contribution in [0.1, 0.15) is 32.3 Å². The number of aryl methyl sites for hydroxylation is 1. The highest BCUT2D eigenvalue weighted by atomic mass is 79.9. The van der Waals surface area contributed by atoms with Gasteiger partial charge in [-0.3, -0.25) is 4.79 Å². The minimum atomic E-state index is 0.121. The summed E-state index contributed by atoms with van der Waals surface area (Å²) in [5, 5.41) is 3.05. The molecule has 4 heteroatoms. The Morgan fingerprint density at radius 1 is 1.39 bits per heavy atom. The first-order chi connectivity index (χ1) is 8.56. The topological polar surface area (TPSA) is 29.1 Å². The monoisotopic (exact) mass is 329 g/mol. The van der Waals surface area contributed by atoms with Crippen molar-refractivity contribution in [3.8, 4) is 0 Å². The summed E-state index contributed by atoms with van der Waals surface area (Å²) in [7, 11) is 0. The zero-order valence-corrected chi connectivity index (χ0v) is 13.5. The van der Waals surface area contributed by atoms with Crippen LogP contribution in [0.4, 0.5) is 0 Å². The van der Waals surface area contributed by atoms with E-state index in [9.17, 15) is 4.79 Å². The second-order valence-corrected chi connectivity index (χ2v) is 6.21. The molecule has 100 valence electrons. The second kappa shape index (κ2) is 7.85. The van der Waals surface area contributed by atoms with Crippen molar-refractivity contribution < 1.29 is 4.79 Å². The van der Waals surface area contributed by atoms with Crippen LogP contribution in [0.5, 0.6) is 0 Å². The molecule has 0 bridgehead atoms. The summed E-state index contributed by atoms with van der Waals surface area (Å²) in [6.45, 7) is 6.26. The van der Waals surface area contributed by atoms with Gasteiger partial charge >= 0.3 is 0 Å². The van der Waals surface area contributed by atoms with E-state index >= 15 is 0 Å². The lowest BCUT2D eigenvalue weighted by molar-refractivity contribution is -0.119. The molecule has 1 aromatic carbocycles. The van der Waals surface area contributed by atoms with Gasteiger partial charge in [0.15, 0.2) is 0 Å². The second-order valence-electron chi connectivity index (χ2n) is 4.28. The Balaban J connectivity index is 2.47. The lowest BCUT2D eigenvalue weighted by Crippen LogP contribution is -2.35. The predicted molar refractivity (Wildman–Crippen MR) is 82.1 cm³/mol. The fourth-order valence-corrected chi connectivity index (χ4v) is 2.98. The van der Waals surface area contributed by atoms with Crippen LogP contribution in [-0.2, 0) is 4.79 Å². The van der Waals surface area contributed by atoms with Gasteiger partial charge in [-0.15, -0.1) is 11.8 Å². The van der Waals surface area contributed by atoms with Gasteiger partial charge in [0.05, 0.1) is 5.75 Å². The lowest BCUT2D eigenvalue weighted by atomic mass is 10.2.